The number of anilines is 1. The van der Waals surface area contributed by atoms with Crippen LogP contribution in [0.3, 0.4) is 0 Å². The largest absolute Gasteiger partial charge is 0.355 e. The van der Waals surface area contributed by atoms with E-state index in [4.69, 9.17) is 4.52 Å². The minimum atomic E-state index is -0.357. The van der Waals surface area contributed by atoms with Crippen LogP contribution in [0.5, 0.6) is 0 Å². The van der Waals surface area contributed by atoms with E-state index in [9.17, 15) is 4.79 Å². The third-order valence-electron chi connectivity index (χ3n) is 4.08. The second-order valence-electron chi connectivity index (χ2n) is 6.16. The summed E-state index contributed by atoms with van der Waals surface area (Å²) in [5.74, 6) is 0.155. The number of pyridine rings is 1. The quantitative estimate of drug-likeness (QED) is 0.453. The molecule has 4 aromatic rings. The second kappa shape index (κ2) is 8.04. The fourth-order valence-corrected chi connectivity index (χ4v) is 3.75. The van der Waals surface area contributed by atoms with Gasteiger partial charge in [-0.15, -0.1) is 11.3 Å². The number of aromatic nitrogens is 3. The van der Waals surface area contributed by atoms with E-state index in [2.05, 4.69) is 55.4 Å². The molecule has 4 rings (SSSR count). The van der Waals surface area contributed by atoms with E-state index in [0.717, 1.165) is 21.3 Å². The monoisotopic (exact) mass is 454 g/mol. The van der Waals surface area contributed by atoms with Gasteiger partial charge in [-0.25, -0.2) is 4.98 Å². The first-order valence-electron chi connectivity index (χ1n) is 8.47. The molecule has 0 aliphatic rings. The van der Waals surface area contributed by atoms with Crippen LogP contribution in [0.1, 0.15) is 26.5 Å². The Balaban J connectivity index is 1.43. The van der Waals surface area contributed by atoms with E-state index in [1.807, 2.05) is 6.07 Å². The summed E-state index contributed by atoms with van der Waals surface area (Å²) < 4.78 is 6.35. The Bertz CT molecular complexity index is 1120. The number of benzene rings is 1. The molecule has 0 atom stereocenters. The smallest absolute Gasteiger partial charge is 0.279 e. The summed E-state index contributed by atoms with van der Waals surface area (Å²) in [6.07, 6.45) is 5.85. The summed E-state index contributed by atoms with van der Waals surface area (Å²) in [6.45, 7) is 2.06. The Kier molecular flexibility index (Phi) is 5.31. The molecule has 140 valence electrons. The molecule has 0 saturated heterocycles. The van der Waals surface area contributed by atoms with E-state index in [-0.39, 0.29) is 11.6 Å². The van der Waals surface area contributed by atoms with Crippen molar-refractivity contribution in [2.24, 2.45) is 0 Å². The number of aryl methyl sites for hydroxylation is 1. The standard InChI is InChI=1S/C20H15BrN4O2S/c1-12-8-13(2-3-16(12)21)9-15-11-23-20(28-15)24-19(26)17-10-18(27-25-17)14-4-6-22-7-5-14/h2-8,10-11H,9H2,1H3,(H,23,24,26). The van der Waals surface area contributed by atoms with Crippen LogP contribution in [0, 0.1) is 6.92 Å². The van der Waals surface area contributed by atoms with Gasteiger partial charge < -0.3 is 4.52 Å². The average Bonchev–Trinajstić information content (AvgIpc) is 3.35. The highest BCUT2D eigenvalue weighted by Crippen LogP contribution is 2.25. The van der Waals surface area contributed by atoms with Gasteiger partial charge in [-0.3, -0.25) is 15.1 Å². The molecule has 1 N–H and O–H groups in total. The number of thiazole rings is 1. The fourth-order valence-electron chi connectivity index (χ4n) is 2.66. The van der Waals surface area contributed by atoms with Crippen molar-refractivity contribution < 1.29 is 9.32 Å². The zero-order valence-corrected chi connectivity index (χ0v) is 17.3. The van der Waals surface area contributed by atoms with Gasteiger partial charge in [0.2, 0.25) is 0 Å². The van der Waals surface area contributed by atoms with E-state index in [1.54, 1.807) is 36.8 Å². The van der Waals surface area contributed by atoms with Crippen molar-refractivity contribution in [2.45, 2.75) is 13.3 Å². The lowest BCUT2D eigenvalue weighted by molar-refractivity contribution is 0.101. The Morgan fingerprint density at radius 1 is 1.21 bits per heavy atom. The molecule has 0 radical (unpaired) electrons. The van der Waals surface area contributed by atoms with Crippen LogP contribution in [-0.2, 0) is 6.42 Å². The van der Waals surface area contributed by atoms with Gasteiger partial charge in [0.05, 0.1) is 0 Å². The third kappa shape index (κ3) is 4.18. The van der Waals surface area contributed by atoms with Gasteiger partial charge in [-0.1, -0.05) is 33.2 Å². The SMILES string of the molecule is Cc1cc(Cc2cnc(NC(=O)c3cc(-c4ccncc4)on3)s2)ccc1Br. The predicted octanol–water partition coefficient (Wildman–Crippen LogP) is 5.11. The zero-order valence-electron chi connectivity index (χ0n) is 14.8. The molecule has 0 unspecified atom stereocenters. The zero-order chi connectivity index (χ0) is 19.5. The first kappa shape index (κ1) is 18.5. The van der Waals surface area contributed by atoms with Gasteiger partial charge in [-0.05, 0) is 36.2 Å². The van der Waals surface area contributed by atoms with E-state index < -0.39 is 0 Å². The topological polar surface area (TPSA) is 80.9 Å². The van der Waals surface area contributed by atoms with E-state index in [1.165, 1.54) is 22.5 Å². The maximum Gasteiger partial charge on any atom is 0.279 e. The summed E-state index contributed by atoms with van der Waals surface area (Å²) in [5.41, 5.74) is 3.39. The molecule has 0 spiro atoms. The Morgan fingerprint density at radius 3 is 2.82 bits per heavy atom. The molecule has 1 amide bonds. The van der Waals surface area contributed by atoms with Gasteiger partial charge >= 0.3 is 0 Å². The molecular weight excluding hydrogens is 440 g/mol. The molecule has 8 heteroatoms. The minimum absolute atomic E-state index is 0.201. The molecule has 0 fully saturated rings. The maximum atomic E-state index is 12.4. The second-order valence-corrected chi connectivity index (χ2v) is 8.13. The molecule has 1 aromatic carbocycles. The summed E-state index contributed by atoms with van der Waals surface area (Å²) in [6, 6.07) is 11.4. The van der Waals surface area contributed by atoms with Crippen molar-refractivity contribution in [3.63, 3.8) is 0 Å². The molecule has 3 heterocycles. The van der Waals surface area contributed by atoms with Crippen LogP contribution in [-0.4, -0.2) is 21.0 Å². The van der Waals surface area contributed by atoms with Crippen molar-refractivity contribution in [3.05, 3.63) is 81.2 Å². The van der Waals surface area contributed by atoms with Gasteiger partial charge in [0.25, 0.3) is 5.91 Å². The van der Waals surface area contributed by atoms with E-state index >= 15 is 0 Å². The molecule has 0 aliphatic heterocycles. The minimum Gasteiger partial charge on any atom is -0.355 e. The molecule has 3 aromatic heterocycles. The van der Waals surface area contributed by atoms with Crippen LogP contribution >= 0.6 is 27.3 Å². The lowest BCUT2D eigenvalue weighted by atomic mass is 10.1. The number of carbonyl (C=O) groups excluding carboxylic acids is 1. The lowest BCUT2D eigenvalue weighted by Gasteiger charge is -2.02. The number of halogens is 1. The number of hydrogen-bond acceptors (Lipinski definition) is 6. The van der Waals surface area contributed by atoms with Crippen LogP contribution < -0.4 is 5.32 Å². The highest BCUT2D eigenvalue weighted by Gasteiger charge is 2.15. The molecule has 0 saturated carbocycles. The van der Waals surface area contributed by atoms with Gasteiger partial charge in [0.15, 0.2) is 16.6 Å². The number of nitrogens with one attached hydrogen (secondary N) is 1. The highest BCUT2D eigenvalue weighted by atomic mass is 79.9. The van der Waals surface area contributed by atoms with Gasteiger partial charge in [0, 0.05) is 46.0 Å². The Hall–Kier alpha value is -2.84. The number of nitrogens with zero attached hydrogens (tertiary/aromatic N) is 3. The lowest BCUT2D eigenvalue weighted by Crippen LogP contribution is -2.11. The third-order valence-corrected chi connectivity index (χ3v) is 5.88. The normalized spacial score (nSPS) is 10.8. The first-order chi connectivity index (χ1) is 13.6. The van der Waals surface area contributed by atoms with Gasteiger partial charge in [-0.2, -0.15) is 0 Å². The molecule has 0 aliphatic carbocycles. The Morgan fingerprint density at radius 2 is 2.04 bits per heavy atom. The van der Waals surface area contributed by atoms with Crippen LogP contribution in [0.2, 0.25) is 0 Å². The molecule has 6 nitrogen and oxygen atoms in total. The van der Waals surface area contributed by atoms with Crippen LogP contribution in [0.15, 0.2) is 64.0 Å². The first-order valence-corrected chi connectivity index (χ1v) is 10.1. The van der Waals surface area contributed by atoms with Crippen molar-refractivity contribution in [1.82, 2.24) is 15.1 Å². The maximum absolute atomic E-state index is 12.4. The fraction of sp³-hybridized carbons (Fsp3) is 0.100. The molecule has 28 heavy (non-hydrogen) atoms. The summed E-state index contributed by atoms with van der Waals surface area (Å²) in [5, 5.41) is 7.15. The van der Waals surface area contributed by atoms with Gasteiger partial charge in [0.1, 0.15) is 0 Å². The van der Waals surface area contributed by atoms with Crippen molar-refractivity contribution in [1.29, 1.82) is 0 Å². The number of rotatable bonds is 5. The Labute approximate surface area is 173 Å². The summed E-state index contributed by atoms with van der Waals surface area (Å²) in [4.78, 5) is 21.7. The number of hydrogen-bond donors (Lipinski definition) is 1. The van der Waals surface area contributed by atoms with Crippen LogP contribution in [0.25, 0.3) is 11.3 Å². The highest BCUT2D eigenvalue weighted by molar-refractivity contribution is 9.10. The molecular formula is C20H15BrN4O2S. The number of amides is 1. The van der Waals surface area contributed by atoms with Crippen molar-refractivity contribution in [2.75, 3.05) is 5.32 Å². The summed E-state index contributed by atoms with van der Waals surface area (Å²) in [7, 11) is 0. The average molecular weight is 455 g/mol. The molecule has 0 bridgehead atoms. The van der Waals surface area contributed by atoms with Crippen LogP contribution in [0.4, 0.5) is 5.13 Å². The summed E-state index contributed by atoms with van der Waals surface area (Å²) >= 11 is 4.95. The van der Waals surface area contributed by atoms with E-state index in [0.29, 0.717) is 10.9 Å². The van der Waals surface area contributed by atoms with Crippen molar-refractivity contribution >= 4 is 38.3 Å². The number of carbonyl (C=O) groups is 1. The predicted molar refractivity (Wildman–Crippen MR) is 111 cm³/mol. The van der Waals surface area contributed by atoms with Crippen molar-refractivity contribution in [3.8, 4) is 11.3 Å².